The number of hydrogen-bond acceptors (Lipinski definition) is 1. The topological polar surface area (TPSA) is 23.8 Å². The molecule has 0 saturated heterocycles. The van der Waals surface area contributed by atoms with Crippen LogP contribution < -0.4 is 0 Å². The second-order valence-electron chi connectivity index (χ2n) is 4.71. The highest BCUT2D eigenvalue weighted by atomic mass is 35.5. The lowest BCUT2D eigenvalue weighted by molar-refractivity contribution is 0.570. The Balaban J connectivity index is 2.48. The molecular formula is C12H11Cl2N. The van der Waals surface area contributed by atoms with Crippen molar-refractivity contribution >= 4 is 23.2 Å². The summed E-state index contributed by atoms with van der Waals surface area (Å²) in [4.78, 5) is 0. The van der Waals surface area contributed by atoms with Gasteiger partial charge in [0.05, 0.1) is 21.5 Å². The molecule has 15 heavy (non-hydrogen) atoms. The fourth-order valence-electron chi connectivity index (χ4n) is 2.13. The van der Waals surface area contributed by atoms with Crippen molar-refractivity contribution in [2.45, 2.75) is 25.7 Å². The quantitative estimate of drug-likeness (QED) is 0.722. The molecule has 0 amide bonds. The molecule has 0 radical (unpaired) electrons. The monoisotopic (exact) mass is 239 g/mol. The van der Waals surface area contributed by atoms with Crippen molar-refractivity contribution in [3.63, 3.8) is 0 Å². The zero-order valence-corrected chi connectivity index (χ0v) is 10.2. The molecule has 1 atom stereocenters. The summed E-state index contributed by atoms with van der Waals surface area (Å²) in [5.74, 6) is 0. The van der Waals surface area contributed by atoms with Gasteiger partial charge in [-0.1, -0.05) is 43.1 Å². The second-order valence-corrected chi connectivity index (χ2v) is 5.52. The SMILES string of the molecule is CC1(C)CC1(C#N)c1ccc(Cl)c(Cl)c1. The molecule has 1 unspecified atom stereocenters. The molecule has 78 valence electrons. The Bertz CT molecular complexity index is 459. The van der Waals surface area contributed by atoms with Gasteiger partial charge in [0.25, 0.3) is 0 Å². The normalized spacial score (nSPS) is 27.1. The highest BCUT2D eigenvalue weighted by molar-refractivity contribution is 6.42. The van der Waals surface area contributed by atoms with E-state index in [2.05, 4.69) is 19.9 Å². The van der Waals surface area contributed by atoms with Crippen LogP contribution in [0.25, 0.3) is 0 Å². The van der Waals surface area contributed by atoms with Crippen molar-refractivity contribution in [2.75, 3.05) is 0 Å². The minimum absolute atomic E-state index is 0.0406. The number of halogens is 2. The molecule has 1 aromatic carbocycles. The molecule has 0 spiro atoms. The van der Waals surface area contributed by atoms with E-state index in [1.807, 2.05) is 12.1 Å². The molecule has 3 heteroatoms. The summed E-state index contributed by atoms with van der Waals surface area (Å²) in [6.07, 6.45) is 0.883. The van der Waals surface area contributed by atoms with Crippen molar-refractivity contribution in [1.82, 2.24) is 0 Å². The third kappa shape index (κ3) is 1.44. The summed E-state index contributed by atoms with van der Waals surface area (Å²) >= 11 is 11.8. The molecule has 0 N–H and O–H groups in total. The third-order valence-electron chi connectivity index (χ3n) is 3.34. The molecule has 1 aromatic rings. The third-order valence-corrected chi connectivity index (χ3v) is 4.08. The number of rotatable bonds is 1. The molecule has 0 aromatic heterocycles. The van der Waals surface area contributed by atoms with E-state index in [9.17, 15) is 5.26 Å². The zero-order chi connectivity index (χ0) is 11.3. The Morgan fingerprint density at radius 2 is 1.87 bits per heavy atom. The molecule has 0 bridgehead atoms. The molecule has 1 fully saturated rings. The lowest BCUT2D eigenvalue weighted by Gasteiger charge is -2.13. The van der Waals surface area contributed by atoms with Crippen molar-refractivity contribution in [2.24, 2.45) is 5.41 Å². The first-order chi connectivity index (χ1) is 6.93. The van der Waals surface area contributed by atoms with Crippen molar-refractivity contribution in [3.05, 3.63) is 33.8 Å². The van der Waals surface area contributed by atoms with E-state index in [1.165, 1.54) is 0 Å². The summed E-state index contributed by atoms with van der Waals surface area (Å²) in [6.45, 7) is 4.19. The minimum Gasteiger partial charge on any atom is -0.197 e. The first-order valence-corrected chi connectivity index (χ1v) is 5.55. The van der Waals surface area contributed by atoms with Gasteiger partial charge < -0.3 is 0 Å². The zero-order valence-electron chi connectivity index (χ0n) is 8.64. The molecule has 0 heterocycles. The van der Waals surface area contributed by atoms with E-state index in [0.717, 1.165) is 12.0 Å². The lowest BCUT2D eigenvalue weighted by atomic mass is 9.89. The maximum Gasteiger partial charge on any atom is 0.0880 e. The first-order valence-electron chi connectivity index (χ1n) is 4.80. The molecule has 1 aliphatic rings. The molecular weight excluding hydrogens is 229 g/mol. The van der Waals surface area contributed by atoms with Crippen LogP contribution in [-0.2, 0) is 5.41 Å². The number of hydrogen-bond donors (Lipinski definition) is 0. The fourth-order valence-corrected chi connectivity index (χ4v) is 2.43. The fraction of sp³-hybridized carbons (Fsp3) is 0.417. The summed E-state index contributed by atoms with van der Waals surface area (Å²) in [5, 5.41) is 10.3. The van der Waals surface area contributed by atoms with Crippen LogP contribution in [0.3, 0.4) is 0 Å². The Hall–Kier alpha value is -0.710. The maximum absolute atomic E-state index is 9.28. The summed E-state index contributed by atoms with van der Waals surface area (Å²) in [7, 11) is 0. The van der Waals surface area contributed by atoms with Gasteiger partial charge in [0.2, 0.25) is 0 Å². The number of nitriles is 1. The summed E-state index contributed by atoms with van der Waals surface area (Å²) in [6, 6.07) is 7.86. The Morgan fingerprint density at radius 1 is 1.27 bits per heavy atom. The van der Waals surface area contributed by atoms with Gasteiger partial charge in [0, 0.05) is 0 Å². The molecule has 2 rings (SSSR count). The molecule has 1 aliphatic carbocycles. The van der Waals surface area contributed by atoms with E-state index >= 15 is 0 Å². The van der Waals surface area contributed by atoms with E-state index in [1.54, 1.807) is 6.07 Å². The smallest absolute Gasteiger partial charge is 0.0880 e. The molecule has 0 aliphatic heterocycles. The Labute approximate surface area is 99.6 Å². The van der Waals surface area contributed by atoms with E-state index < -0.39 is 0 Å². The summed E-state index contributed by atoms with van der Waals surface area (Å²) < 4.78 is 0. The number of nitrogens with zero attached hydrogens (tertiary/aromatic N) is 1. The van der Waals surface area contributed by atoms with Crippen LogP contribution in [0.4, 0.5) is 0 Å². The van der Waals surface area contributed by atoms with Gasteiger partial charge in [-0.15, -0.1) is 0 Å². The second kappa shape index (κ2) is 3.14. The van der Waals surface area contributed by atoms with Crippen LogP contribution in [-0.4, -0.2) is 0 Å². The van der Waals surface area contributed by atoms with Crippen molar-refractivity contribution < 1.29 is 0 Å². The van der Waals surface area contributed by atoms with Crippen LogP contribution in [0.1, 0.15) is 25.8 Å². The first kappa shape index (κ1) is 10.8. The van der Waals surface area contributed by atoms with E-state index in [0.29, 0.717) is 10.0 Å². The van der Waals surface area contributed by atoms with E-state index in [-0.39, 0.29) is 10.8 Å². The van der Waals surface area contributed by atoms with Gasteiger partial charge in [-0.3, -0.25) is 0 Å². The van der Waals surface area contributed by atoms with Gasteiger partial charge in [-0.25, -0.2) is 0 Å². The Morgan fingerprint density at radius 3 is 2.27 bits per heavy atom. The molecule has 1 nitrogen and oxygen atoms in total. The number of benzene rings is 1. The van der Waals surface area contributed by atoms with Gasteiger partial charge in [0.1, 0.15) is 0 Å². The van der Waals surface area contributed by atoms with Gasteiger partial charge in [0.15, 0.2) is 0 Å². The van der Waals surface area contributed by atoms with Crippen LogP contribution in [0.2, 0.25) is 10.0 Å². The van der Waals surface area contributed by atoms with Crippen LogP contribution in [0, 0.1) is 16.7 Å². The van der Waals surface area contributed by atoms with E-state index in [4.69, 9.17) is 23.2 Å². The van der Waals surface area contributed by atoms with Crippen LogP contribution >= 0.6 is 23.2 Å². The van der Waals surface area contributed by atoms with Crippen molar-refractivity contribution in [1.29, 1.82) is 5.26 Å². The van der Waals surface area contributed by atoms with Gasteiger partial charge >= 0.3 is 0 Å². The molecule has 1 saturated carbocycles. The van der Waals surface area contributed by atoms with Crippen LogP contribution in [0.15, 0.2) is 18.2 Å². The highest BCUT2D eigenvalue weighted by Crippen LogP contribution is 2.64. The average Bonchev–Trinajstić information content (AvgIpc) is 2.75. The predicted octanol–water partition coefficient (Wildman–Crippen LogP) is 4.18. The highest BCUT2D eigenvalue weighted by Gasteiger charge is 2.63. The standard InChI is InChI=1S/C12H11Cl2N/c1-11(2)6-12(11,7-15)8-3-4-9(13)10(14)5-8/h3-5H,6H2,1-2H3. The van der Waals surface area contributed by atoms with Crippen LogP contribution in [0.5, 0.6) is 0 Å². The lowest BCUT2D eigenvalue weighted by Crippen LogP contribution is -2.11. The Kier molecular flexibility index (Phi) is 2.26. The minimum atomic E-state index is -0.374. The largest absolute Gasteiger partial charge is 0.197 e. The van der Waals surface area contributed by atoms with Gasteiger partial charge in [-0.2, -0.15) is 5.26 Å². The average molecular weight is 240 g/mol. The summed E-state index contributed by atoms with van der Waals surface area (Å²) in [5.41, 5.74) is 0.643. The predicted molar refractivity (Wildman–Crippen MR) is 62.2 cm³/mol. The van der Waals surface area contributed by atoms with Gasteiger partial charge in [-0.05, 0) is 29.5 Å². The van der Waals surface area contributed by atoms with Crippen molar-refractivity contribution in [3.8, 4) is 6.07 Å². The maximum atomic E-state index is 9.28.